The molecular formula is C12H13ClN4OS. The molecule has 0 aliphatic rings. The van der Waals surface area contributed by atoms with Crippen LogP contribution in [-0.4, -0.2) is 28.3 Å². The molecule has 2 aromatic heterocycles. The topological polar surface area (TPSA) is 59.0 Å². The second-order valence-corrected chi connectivity index (χ2v) is 5.55. The Balaban J connectivity index is 2.32. The lowest BCUT2D eigenvalue weighted by Gasteiger charge is -2.19. The van der Waals surface area contributed by atoms with Gasteiger partial charge < -0.3 is 4.90 Å². The number of aromatic nitrogens is 3. The third-order valence-electron chi connectivity index (χ3n) is 2.54. The van der Waals surface area contributed by atoms with Gasteiger partial charge in [-0.2, -0.15) is 0 Å². The van der Waals surface area contributed by atoms with Crippen molar-refractivity contribution in [2.24, 2.45) is 0 Å². The van der Waals surface area contributed by atoms with Crippen LogP contribution in [0.2, 0.25) is 5.15 Å². The molecular weight excluding hydrogens is 284 g/mol. The smallest absolute Gasteiger partial charge is 0.156 e. The number of rotatable bonds is 4. The van der Waals surface area contributed by atoms with E-state index in [2.05, 4.69) is 15.0 Å². The SMILES string of the molecule is Cc1nc(Cl)c(C=O)c(N(C)Cc2csc(C)n2)n1. The van der Waals surface area contributed by atoms with E-state index >= 15 is 0 Å². The van der Waals surface area contributed by atoms with E-state index in [1.165, 1.54) is 0 Å². The van der Waals surface area contributed by atoms with Crippen molar-refractivity contribution in [3.05, 3.63) is 32.6 Å². The number of anilines is 1. The largest absolute Gasteiger partial charge is 0.353 e. The lowest BCUT2D eigenvalue weighted by Crippen LogP contribution is -2.20. The fourth-order valence-electron chi connectivity index (χ4n) is 1.72. The molecule has 2 rings (SSSR count). The average molecular weight is 297 g/mol. The first-order valence-electron chi connectivity index (χ1n) is 5.62. The highest BCUT2D eigenvalue weighted by Gasteiger charge is 2.15. The Morgan fingerprint density at radius 3 is 2.68 bits per heavy atom. The molecule has 0 radical (unpaired) electrons. The number of hydrogen-bond acceptors (Lipinski definition) is 6. The van der Waals surface area contributed by atoms with Gasteiger partial charge in [-0.25, -0.2) is 15.0 Å². The fourth-order valence-corrected chi connectivity index (χ4v) is 2.58. The van der Waals surface area contributed by atoms with Crippen LogP contribution in [0.15, 0.2) is 5.38 Å². The molecule has 2 heterocycles. The van der Waals surface area contributed by atoms with Gasteiger partial charge >= 0.3 is 0 Å². The lowest BCUT2D eigenvalue weighted by atomic mass is 10.3. The Hall–Kier alpha value is -1.53. The van der Waals surface area contributed by atoms with Gasteiger partial charge in [-0.1, -0.05) is 11.6 Å². The molecule has 0 spiro atoms. The maximum atomic E-state index is 11.1. The molecule has 2 aromatic rings. The fraction of sp³-hybridized carbons (Fsp3) is 0.333. The summed E-state index contributed by atoms with van der Waals surface area (Å²) < 4.78 is 0. The monoisotopic (exact) mass is 296 g/mol. The van der Waals surface area contributed by atoms with E-state index in [0.717, 1.165) is 10.7 Å². The van der Waals surface area contributed by atoms with Crippen LogP contribution in [0.3, 0.4) is 0 Å². The molecule has 0 atom stereocenters. The predicted molar refractivity (Wildman–Crippen MR) is 76.1 cm³/mol. The van der Waals surface area contributed by atoms with E-state index < -0.39 is 0 Å². The number of aldehydes is 1. The average Bonchev–Trinajstić information content (AvgIpc) is 2.73. The standard InChI is InChI=1S/C12H13ClN4OS/c1-7-14-11(13)10(5-18)12(15-7)17(3)4-9-6-19-8(2)16-9/h5-6H,4H2,1-3H3. The van der Waals surface area contributed by atoms with Crippen LogP contribution in [0, 0.1) is 13.8 Å². The van der Waals surface area contributed by atoms with Gasteiger partial charge in [0.15, 0.2) is 6.29 Å². The summed E-state index contributed by atoms with van der Waals surface area (Å²) in [5, 5.41) is 3.18. The first-order valence-corrected chi connectivity index (χ1v) is 6.88. The van der Waals surface area contributed by atoms with Crippen molar-refractivity contribution in [1.82, 2.24) is 15.0 Å². The third kappa shape index (κ3) is 3.08. The number of carbonyl (C=O) groups excluding carboxylic acids is 1. The van der Waals surface area contributed by atoms with E-state index in [1.54, 1.807) is 18.3 Å². The Labute approximate surface area is 120 Å². The second kappa shape index (κ2) is 5.63. The van der Waals surface area contributed by atoms with Gasteiger partial charge in [0, 0.05) is 12.4 Å². The molecule has 100 valence electrons. The van der Waals surface area contributed by atoms with Crippen LogP contribution >= 0.6 is 22.9 Å². The number of carbonyl (C=O) groups is 1. The van der Waals surface area contributed by atoms with Crippen molar-refractivity contribution < 1.29 is 4.79 Å². The Morgan fingerprint density at radius 2 is 2.11 bits per heavy atom. The van der Waals surface area contributed by atoms with E-state index in [4.69, 9.17) is 11.6 Å². The maximum Gasteiger partial charge on any atom is 0.156 e. The molecule has 0 saturated heterocycles. The summed E-state index contributed by atoms with van der Waals surface area (Å²) in [6.45, 7) is 4.26. The van der Waals surface area contributed by atoms with Gasteiger partial charge in [0.25, 0.3) is 0 Å². The van der Waals surface area contributed by atoms with Crippen molar-refractivity contribution in [2.45, 2.75) is 20.4 Å². The van der Waals surface area contributed by atoms with Gasteiger partial charge in [-0.05, 0) is 13.8 Å². The van der Waals surface area contributed by atoms with Gasteiger partial charge in [-0.3, -0.25) is 4.79 Å². The number of nitrogens with zero attached hydrogens (tertiary/aromatic N) is 4. The zero-order valence-corrected chi connectivity index (χ0v) is 12.4. The van der Waals surface area contributed by atoms with Gasteiger partial charge in [-0.15, -0.1) is 11.3 Å². The molecule has 0 saturated carbocycles. The van der Waals surface area contributed by atoms with E-state index in [1.807, 2.05) is 24.3 Å². The van der Waals surface area contributed by atoms with Gasteiger partial charge in [0.05, 0.1) is 22.8 Å². The number of hydrogen-bond donors (Lipinski definition) is 0. The molecule has 0 aliphatic heterocycles. The van der Waals surface area contributed by atoms with Crippen molar-refractivity contribution in [1.29, 1.82) is 0 Å². The lowest BCUT2D eigenvalue weighted by molar-refractivity contribution is 0.112. The minimum atomic E-state index is 0.179. The second-order valence-electron chi connectivity index (χ2n) is 4.13. The number of thiazole rings is 1. The Kier molecular flexibility index (Phi) is 4.11. The summed E-state index contributed by atoms with van der Waals surface area (Å²) in [6.07, 6.45) is 0.680. The quantitative estimate of drug-likeness (QED) is 0.641. The summed E-state index contributed by atoms with van der Waals surface area (Å²) in [5.41, 5.74) is 1.25. The summed E-state index contributed by atoms with van der Waals surface area (Å²) in [4.78, 5) is 25.6. The molecule has 7 heteroatoms. The molecule has 0 bridgehead atoms. The van der Waals surface area contributed by atoms with Gasteiger partial charge in [0.1, 0.15) is 16.8 Å². The highest BCUT2D eigenvalue weighted by Crippen LogP contribution is 2.23. The number of halogens is 1. The predicted octanol–water partition coefficient (Wildman–Crippen LogP) is 2.65. The summed E-state index contributed by atoms with van der Waals surface area (Å²) >= 11 is 7.56. The molecule has 0 fully saturated rings. The van der Waals surface area contributed by atoms with Gasteiger partial charge in [0.2, 0.25) is 0 Å². The minimum absolute atomic E-state index is 0.179. The Morgan fingerprint density at radius 1 is 1.37 bits per heavy atom. The third-order valence-corrected chi connectivity index (χ3v) is 3.65. The summed E-state index contributed by atoms with van der Waals surface area (Å²) in [5.74, 6) is 1.06. The van der Waals surface area contributed by atoms with Crippen molar-refractivity contribution in [3.63, 3.8) is 0 Å². The molecule has 0 amide bonds. The van der Waals surface area contributed by atoms with E-state index in [-0.39, 0.29) is 5.15 Å². The normalized spacial score (nSPS) is 10.5. The van der Waals surface area contributed by atoms with Crippen LogP contribution < -0.4 is 4.90 Å². The Bertz CT molecular complexity index is 614. The summed E-state index contributed by atoms with van der Waals surface area (Å²) in [7, 11) is 1.85. The molecule has 0 aromatic carbocycles. The van der Waals surface area contributed by atoms with Crippen molar-refractivity contribution in [3.8, 4) is 0 Å². The van der Waals surface area contributed by atoms with Crippen LogP contribution in [0.1, 0.15) is 26.9 Å². The molecule has 0 aliphatic carbocycles. The zero-order chi connectivity index (χ0) is 14.0. The van der Waals surface area contributed by atoms with Crippen LogP contribution in [0.25, 0.3) is 0 Å². The van der Waals surface area contributed by atoms with Crippen LogP contribution in [0.5, 0.6) is 0 Å². The first kappa shape index (κ1) is 13.9. The molecule has 0 N–H and O–H groups in total. The zero-order valence-electron chi connectivity index (χ0n) is 10.8. The molecule has 5 nitrogen and oxygen atoms in total. The van der Waals surface area contributed by atoms with Crippen molar-refractivity contribution in [2.75, 3.05) is 11.9 Å². The highest BCUT2D eigenvalue weighted by molar-refractivity contribution is 7.09. The molecule has 0 unspecified atom stereocenters. The van der Waals surface area contributed by atoms with Crippen LogP contribution in [-0.2, 0) is 6.54 Å². The molecule has 19 heavy (non-hydrogen) atoms. The van der Waals surface area contributed by atoms with E-state index in [0.29, 0.717) is 30.0 Å². The minimum Gasteiger partial charge on any atom is -0.353 e. The first-order chi connectivity index (χ1) is 9.01. The maximum absolute atomic E-state index is 11.1. The number of aryl methyl sites for hydroxylation is 2. The van der Waals surface area contributed by atoms with Crippen LogP contribution in [0.4, 0.5) is 5.82 Å². The summed E-state index contributed by atoms with van der Waals surface area (Å²) in [6, 6.07) is 0. The van der Waals surface area contributed by atoms with E-state index in [9.17, 15) is 4.79 Å². The van der Waals surface area contributed by atoms with Crippen molar-refractivity contribution >= 4 is 35.0 Å². The highest BCUT2D eigenvalue weighted by atomic mass is 35.5.